The van der Waals surface area contributed by atoms with E-state index in [1.165, 1.54) is 42.5 Å². The number of thioether (sulfide) groups is 8. The highest BCUT2D eigenvalue weighted by molar-refractivity contribution is 8.01. The quantitative estimate of drug-likeness (QED) is 0.0181. The lowest BCUT2D eigenvalue weighted by Gasteiger charge is -2.17. The molecule has 0 saturated heterocycles. The minimum Gasteiger partial charge on any atom is -0.463 e. The minimum absolute atomic E-state index is 0.0251. The summed E-state index contributed by atoms with van der Waals surface area (Å²) in [6.45, 7) is 74.2. The SMILES string of the molecule is C=CC(=O)OC(C)CSC(C)C.C=CC(=O)OCC(CSC(C)C)OC(=O)C=C.C=CC(=O)OCCCSC(C)C.C=CC(=O)OCCCSCC(C)(C)C.C=CC(=O)OCCSC(C)C.C=CC(=O)OCCSCC(C)(C)C.C=CC(=O)OCSC(C)C.C=CC(=O)OCSCC(C)(C)C. The van der Waals surface area contributed by atoms with Crippen LogP contribution in [0, 0.1) is 16.2 Å². The molecule has 0 bridgehead atoms. The topological polar surface area (TPSA) is 237 Å². The lowest BCUT2D eigenvalue weighted by atomic mass is 10.0. The molecule has 26 heteroatoms. The first-order valence-corrected chi connectivity index (χ1v) is 41.6. The van der Waals surface area contributed by atoms with Gasteiger partial charge in [-0.05, 0) is 80.0 Å². The van der Waals surface area contributed by atoms with Crippen LogP contribution in [0.1, 0.15) is 151 Å². The molecule has 0 heterocycles. The molecule has 0 N–H and O–H groups in total. The van der Waals surface area contributed by atoms with Gasteiger partial charge < -0.3 is 42.6 Å². The Morgan fingerprint density at radius 3 is 0.980 bits per heavy atom. The second kappa shape index (κ2) is 76.8. The Labute approximate surface area is 645 Å². The van der Waals surface area contributed by atoms with E-state index in [2.05, 4.69) is 163 Å². The molecule has 0 aliphatic carbocycles. The van der Waals surface area contributed by atoms with Crippen LogP contribution in [0.4, 0.5) is 0 Å². The maximum absolute atomic E-state index is 11.1. The minimum atomic E-state index is -0.529. The van der Waals surface area contributed by atoms with Gasteiger partial charge in [-0.1, -0.05) is 191 Å². The van der Waals surface area contributed by atoms with Gasteiger partial charge in [-0.3, -0.25) is 0 Å². The van der Waals surface area contributed by atoms with Crippen LogP contribution < -0.4 is 0 Å². The summed E-state index contributed by atoms with van der Waals surface area (Å²) in [5.41, 5.74) is 1.00. The second-order valence-electron chi connectivity index (χ2n) is 25.3. The molecule has 0 aromatic rings. The molecule has 2 atom stereocenters. The lowest BCUT2D eigenvalue weighted by molar-refractivity contribution is -0.151. The Kier molecular flexibility index (Phi) is 85.6. The van der Waals surface area contributed by atoms with Gasteiger partial charge in [-0.25, -0.2) is 43.2 Å². The van der Waals surface area contributed by atoms with E-state index in [0.29, 0.717) is 81.1 Å². The van der Waals surface area contributed by atoms with Crippen LogP contribution in [-0.4, -0.2) is 189 Å². The highest BCUT2D eigenvalue weighted by atomic mass is 32.2. The summed E-state index contributed by atoms with van der Waals surface area (Å²) >= 11 is 13.9. The van der Waals surface area contributed by atoms with E-state index in [1.807, 2.05) is 58.1 Å². The van der Waals surface area contributed by atoms with Gasteiger partial charge in [0.05, 0.1) is 13.2 Å². The first-order chi connectivity index (χ1) is 46.9. The van der Waals surface area contributed by atoms with Crippen molar-refractivity contribution in [3.63, 3.8) is 0 Å². The van der Waals surface area contributed by atoms with E-state index >= 15 is 0 Å². The lowest BCUT2D eigenvalue weighted by Crippen LogP contribution is -2.27. The zero-order valence-corrected chi connectivity index (χ0v) is 71.5. The molecule has 0 aliphatic heterocycles. The predicted octanol–water partition coefficient (Wildman–Crippen LogP) is 18.0. The Hall–Kier alpha value is -4.31. The van der Waals surface area contributed by atoms with Crippen molar-refractivity contribution in [1.29, 1.82) is 0 Å². The molecule has 0 aromatic carbocycles. The van der Waals surface area contributed by atoms with Crippen LogP contribution in [-0.2, 0) is 85.8 Å². The fourth-order valence-corrected chi connectivity index (χ4v) is 11.1. The summed E-state index contributed by atoms with van der Waals surface area (Å²) in [4.78, 5) is 96.1. The zero-order valence-electron chi connectivity index (χ0n) is 64.9. The molecule has 0 aliphatic rings. The molecular weight excluding hydrogens is 1450 g/mol. The monoisotopic (exact) mass is 1570 g/mol. The van der Waals surface area contributed by atoms with Crippen molar-refractivity contribution in [2.45, 2.75) is 190 Å². The molecule has 0 fully saturated rings. The Balaban J connectivity index is -0.000000164. The first-order valence-electron chi connectivity index (χ1n) is 32.9. The van der Waals surface area contributed by atoms with Crippen molar-refractivity contribution in [2.24, 2.45) is 16.2 Å². The van der Waals surface area contributed by atoms with Gasteiger partial charge in [0.25, 0.3) is 0 Å². The molecule has 101 heavy (non-hydrogen) atoms. The first kappa shape index (κ1) is 113. The largest absolute Gasteiger partial charge is 0.463 e. The van der Waals surface area contributed by atoms with E-state index < -0.39 is 18.0 Å². The molecule has 586 valence electrons. The number of carbonyl (C=O) groups excluding carboxylic acids is 9. The van der Waals surface area contributed by atoms with Crippen LogP contribution in [0.5, 0.6) is 0 Å². The van der Waals surface area contributed by atoms with Crippen LogP contribution in [0.15, 0.2) is 114 Å². The number of esters is 9. The van der Waals surface area contributed by atoms with E-state index in [-0.39, 0.29) is 59.9 Å². The van der Waals surface area contributed by atoms with E-state index in [4.69, 9.17) is 42.6 Å². The third kappa shape index (κ3) is 117. The number of ether oxygens (including phenoxy) is 9. The van der Waals surface area contributed by atoms with Crippen molar-refractivity contribution in [3.8, 4) is 0 Å². The molecule has 0 radical (unpaired) electrons. The molecular formula is C75H130O18S8. The van der Waals surface area contributed by atoms with Crippen molar-refractivity contribution in [2.75, 3.05) is 96.7 Å². The summed E-state index contributed by atoms with van der Waals surface area (Å²) in [5, 5.41) is 2.74. The highest BCUT2D eigenvalue weighted by Gasteiger charge is 2.17. The van der Waals surface area contributed by atoms with E-state index in [1.54, 1.807) is 70.6 Å². The number of hydrogen-bond donors (Lipinski definition) is 0. The highest BCUT2D eigenvalue weighted by Crippen LogP contribution is 2.23. The second-order valence-corrected chi connectivity index (χ2v) is 36.5. The molecule has 18 nitrogen and oxygen atoms in total. The van der Waals surface area contributed by atoms with Crippen molar-refractivity contribution >= 4 is 148 Å². The van der Waals surface area contributed by atoms with Crippen molar-refractivity contribution in [3.05, 3.63) is 114 Å². The van der Waals surface area contributed by atoms with Gasteiger partial charge in [-0.2, -0.15) is 70.6 Å². The Bertz CT molecular complexity index is 2270. The van der Waals surface area contributed by atoms with Gasteiger partial charge in [0.1, 0.15) is 43.9 Å². The average molecular weight is 1580 g/mol. The molecule has 0 aromatic heterocycles. The van der Waals surface area contributed by atoms with E-state index in [0.717, 1.165) is 71.0 Å². The number of carbonyl (C=O) groups is 9. The van der Waals surface area contributed by atoms with Crippen LogP contribution in [0.2, 0.25) is 0 Å². The van der Waals surface area contributed by atoms with Gasteiger partial charge >= 0.3 is 53.7 Å². The summed E-state index contributed by atoms with van der Waals surface area (Å²) in [6.07, 6.45) is 11.8. The normalized spacial score (nSPS) is 10.9. The average Bonchev–Trinajstić information content (AvgIpc) is 1.17. The van der Waals surface area contributed by atoms with Crippen LogP contribution in [0.25, 0.3) is 0 Å². The third-order valence-corrected chi connectivity index (χ3v) is 19.5. The molecule has 0 amide bonds. The summed E-state index contributed by atoms with van der Waals surface area (Å²) in [5.74, 6) is 5.84. The maximum atomic E-state index is 11.1. The van der Waals surface area contributed by atoms with Crippen LogP contribution in [0.3, 0.4) is 0 Å². The summed E-state index contributed by atoms with van der Waals surface area (Å²) in [6, 6.07) is 0. The molecule has 0 rings (SSSR count). The molecule has 0 spiro atoms. The molecule has 0 saturated carbocycles. The maximum Gasteiger partial charge on any atom is 0.330 e. The van der Waals surface area contributed by atoms with Gasteiger partial charge in [0, 0.05) is 88.7 Å². The van der Waals surface area contributed by atoms with E-state index in [9.17, 15) is 43.2 Å². The smallest absolute Gasteiger partial charge is 0.330 e. The predicted molar refractivity (Wildman–Crippen MR) is 442 cm³/mol. The van der Waals surface area contributed by atoms with Crippen molar-refractivity contribution < 1.29 is 85.8 Å². The van der Waals surface area contributed by atoms with Crippen LogP contribution >= 0.6 is 94.1 Å². The third-order valence-electron chi connectivity index (χ3n) is 9.20. The van der Waals surface area contributed by atoms with Crippen molar-refractivity contribution in [1.82, 2.24) is 0 Å². The zero-order chi connectivity index (χ0) is 79.9. The molecule has 2 unspecified atom stereocenters. The number of rotatable bonds is 43. The Morgan fingerprint density at radius 1 is 0.307 bits per heavy atom. The Morgan fingerprint density at radius 2 is 0.604 bits per heavy atom. The van der Waals surface area contributed by atoms with Gasteiger partial charge in [0.15, 0.2) is 0 Å². The fraction of sp³-hybridized carbons (Fsp3) is 0.640. The fourth-order valence-electron chi connectivity index (χ4n) is 4.77. The summed E-state index contributed by atoms with van der Waals surface area (Å²) in [7, 11) is 0. The standard InChI is InChI=1S/C12H18O4S.C11H20O2S.C10H18O2S.3C9H16O2S.C8H14O2S.C7H12O2S/c1-5-11(13)15-7-10(8-17-9(3)4)16-12(14)6-2;1-5-10(12)13-7-6-8-14-9-11(2,3)4;1-5-9(11)12-6-7-13-8-10(2,3)4;1-5-8(10)11-7-12-6-9(2,3)4;1-5-9(10)11-8(4)6-12-7(2)3;1-4-9(10)11-6-5-7-12-8(2)3;1-4-8(9)10-5-6-11-7(2)3;1-4-7(8)9-5-10-6(2)3/h5-6,9-10H,1-2,7-8H2,3-4H3;5H,1,6-9H2,2-4H3;5H,1,6-8H2,2-4H3;5H,1,6-7H2,2-4H3;5,7-8H,1,6H2,2-4H3;4,8H,1,5-7H2,2-3H3;4,7H,1,5-6H2,2-3H3;4,6H,1,5H2,2-3H3. The van der Waals surface area contributed by atoms with Gasteiger partial charge in [0.2, 0.25) is 0 Å². The van der Waals surface area contributed by atoms with Gasteiger partial charge in [-0.15, -0.1) is 23.5 Å². The number of hydrogen-bond acceptors (Lipinski definition) is 26. The summed E-state index contributed by atoms with van der Waals surface area (Å²) < 4.78 is 43.6.